The number of fused-ring (bicyclic) bond motifs is 3. The number of rotatable bonds is 3. The second kappa shape index (κ2) is 7.81. The van der Waals surface area contributed by atoms with E-state index in [1.54, 1.807) is 41.3 Å². The summed E-state index contributed by atoms with van der Waals surface area (Å²) in [6.07, 6.45) is 0. The van der Waals surface area contributed by atoms with Crippen molar-refractivity contribution in [3.63, 3.8) is 0 Å². The Kier molecular flexibility index (Phi) is 4.71. The first kappa shape index (κ1) is 21.1. The maximum atomic E-state index is 14.6. The van der Waals surface area contributed by atoms with Crippen LogP contribution in [0.15, 0.2) is 97.1 Å². The molecule has 4 aromatic rings. The van der Waals surface area contributed by atoms with Crippen molar-refractivity contribution in [2.24, 2.45) is 0 Å². The van der Waals surface area contributed by atoms with Gasteiger partial charge in [-0.3, -0.25) is 14.5 Å². The minimum Gasteiger partial charge on any atom is -0.350 e. The Balaban J connectivity index is 1.58. The van der Waals surface area contributed by atoms with Crippen molar-refractivity contribution in [1.82, 2.24) is 0 Å². The number of para-hydroxylation sites is 2. The predicted molar refractivity (Wildman–Crippen MR) is 134 cm³/mol. The predicted octanol–water partition coefficient (Wildman–Crippen LogP) is 5.61. The third-order valence-electron chi connectivity index (χ3n) is 6.73. The van der Waals surface area contributed by atoms with Crippen LogP contribution in [0.2, 0.25) is 0 Å². The molecule has 2 amide bonds. The van der Waals surface area contributed by atoms with E-state index in [-0.39, 0.29) is 24.2 Å². The van der Waals surface area contributed by atoms with Gasteiger partial charge in [-0.15, -0.1) is 0 Å². The van der Waals surface area contributed by atoms with Gasteiger partial charge in [-0.05, 0) is 43.3 Å². The third kappa shape index (κ3) is 3.06. The van der Waals surface area contributed by atoms with Gasteiger partial charge < -0.3 is 10.2 Å². The van der Waals surface area contributed by atoms with Crippen molar-refractivity contribution in [1.29, 1.82) is 0 Å². The molecule has 0 aromatic heterocycles. The summed E-state index contributed by atoms with van der Waals surface area (Å²) in [5.41, 5.74) is 2.87. The molecule has 0 saturated carbocycles. The van der Waals surface area contributed by atoms with Gasteiger partial charge in [0.25, 0.3) is 11.8 Å². The third-order valence-corrected chi connectivity index (χ3v) is 6.73. The highest BCUT2D eigenvalue weighted by Crippen LogP contribution is 2.50. The standard InChI is InChI=1S/C29H22FN3O2/c1-19-14-16-21(17-15-19)33-27(34)22-9-3-6-12-25(22)31-29(33)23-10-4-7-13-26(23)32(28(29)35)18-20-8-2-5-11-24(20)30/h2-17,31H,18H2,1H3. The van der Waals surface area contributed by atoms with Gasteiger partial charge >= 0.3 is 0 Å². The van der Waals surface area contributed by atoms with Crippen molar-refractivity contribution in [3.05, 3.63) is 125 Å². The minimum absolute atomic E-state index is 0.0452. The number of benzene rings is 4. The van der Waals surface area contributed by atoms with Crippen molar-refractivity contribution < 1.29 is 14.0 Å². The summed E-state index contributed by atoms with van der Waals surface area (Å²) in [6, 6.07) is 28.5. The molecule has 0 radical (unpaired) electrons. The Hall–Kier alpha value is -4.45. The summed E-state index contributed by atoms with van der Waals surface area (Å²) < 4.78 is 14.6. The number of nitrogens with zero attached hydrogens (tertiary/aromatic N) is 2. The summed E-state index contributed by atoms with van der Waals surface area (Å²) in [4.78, 5) is 31.5. The zero-order chi connectivity index (χ0) is 24.2. The molecular formula is C29H22FN3O2. The Morgan fingerprint density at radius 2 is 1.51 bits per heavy atom. The summed E-state index contributed by atoms with van der Waals surface area (Å²) in [5.74, 6) is -1.00. The summed E-state index contributed by atoms with van der Waals surface area (Å²) in [7, 11) is 0. The number of anilines is 3. The first-order chi connectivity index (χ1) is 17.0. The van der Waals surface area contributed by atoms with E-state index in [1.807, 2.05) is 61.5 Å². The van der Waals surface area contributed by atoms with Gasteiger partial charge in [-0.2, -0.15) is 0 Å². The molecule has 2 heterocycles. The van der Waals surface area contributed by atoms with E-state index in [0.717, 1.165) is 5.56 Å². The molecule has 0 aliphatic carbocycles. The molecule has 0 saturated heterocycles. The Morgan fingerprint density at radius 3 is 2.31 bits per heavy atom. The Bertz CT molecular complexity index is 1480. The number of carbonyl (C=O) groups excluding carboxylic acids is 2. The number of aryl methyl sites for hydroxylation is 1. The maximum Gasteiger partial charge on any atom is 0.279 e. The lowest BCUT2D eigenvalue weighted by Crippen LogP contribution is -2.63. The molecular weight excluding hydrogens is 441 g/mol. The van der Waals surface area contributed by atoms with E-state index < -0.39 is 5.66 Å². The largest absolute Gasteiger partial charge is 0.350 e. The van der Waals surface area contributed by atoms with Crippen LogP contribution in [0.4, 0.5) is 21.5 Å². The van der Waals surface area contributed by atoms with Gasteiger partial charge in [0.1, 0.15) is 5.82 Å². The van der Waals surface area contributed by atoms with E-state index in [9.17, 15) is 14.0 Å². The number of halogens is 1. The monoisotopic (exact) mass is 463 g/mol. The van der Waals surface area contributed by atoms with Crippen LogP contribution in [0, 0.1) is 12.7 Å². The lowest BCUT2D eigenvalue weighted by Gasteiger charge is -2.45. The molecule has 2 aliphatic rings. The van der Waals surface area contributed by atoms with Crippen LogP contribution in [-0.2, 0) is 17.0 Å². The number of carbonyl (C=O) groups is 2. The second-order valence-electron chi connectivity index (χ2n) is 8.86. The summed E-state index contributed by atoms with van der Waals surface area (Å²) >= 11 is 0. The highest BCUT2D eigenvalue weighted by Gasteiger charge is 2.59. The molecule has 172 valence electrons. The highest BCUT2D eigenvalue weighted by molar-refractivity contribution is 6.22. The molecule has 6 rings (SSSR count). The SMILES string of the molecule is Cc1ccc(N2C(=O)c3ccccc3NC23C(=O)N(Cc2ccccc2F)c2ccccc23)cc1. The highest BCUT2D eigenvalue weighted by atomic mass is 19.1. The minimum atomic E-state index is -1.51. The summed E-state index contributed by atoms with van der Waals surface area (Å²) in [6.45, 7) is 2.01. The number of amides is 2. The van der Waals surface area contributed by atoms with Crippen molar-refractivity contribution in [2.45, 2.75) is 19.1 Å². The van der Waals surface area contributed by atoms with Crippen LogP contribution in [0.5, 0.6) is 0 Å². The van der Waals surface area contributed by atoms with Gasteiger partial charge in [0.05, 0.1) is 17.8 Å². The average molecular weight is 464 g/mol. The van der Waals surface area contributed by atoms with E-state index in [0.29, 0.717) is 33.8 Å². The van der Waals surface area contributed by atoms with E-state index in [1.165, 1.54) is 11.0 Å². The number of nitrogens with one attached hydrogen (secondary N) is 1. The first-order valence-corrected chi connectivity index (χ1v) is 11.4. The molecule has 0 fully saturated rings. The van der Waals surface area contributed by atoms with Gasteiger partial charge in [-0.1, -0.05) is 66.2 Å². The zero-order valence-corrected chi connectivity index (χ0v) is 19.0. The maximum absolute atomic E-state index is 14.6. The second-order valence-corrected chi connectivity index (χ2v) is 8.86. The fourth-order valence-corrected chi connectivity index (χ4v) is 5.03. The van der Waals surface area contributed by atoms with E-state index in [4.69, 9.17) is 0 Å². The van der Waals surface area contributed by atoms with Crippen molar-refractivity contribution in [2.75, 3.05) is 15.1 Å². The van der Waals surface area contributed by atoms with Gasteiger partial charge in [0, 0.05) is 22.5 Å². The quantitative estimate of drug-likeness (QED) is 0.430. The van der Waals surface area contributed by atoms with Gasteiger partial charge in [0.2, 0.25) is 5.66 Å². The van der Waals surface area contributed by atoms with Crippen LogP contribution < -0.4 is 15.1 Å². The van der Waals surface area contributed by atoms with Crippen LogP contribution >= 0.6 is 0 Å². The average Bonchev–Trinajstić information content (AvgIpc) is 3.10. The Labute approximate surface area is 202 Å². The van der Waals surface area contributed by atoms with E-state index in [2.05, 4.69) is 5.32 Å². The molecule has 4 aromatic carbocycles. The molecule has 1 atom stereocenters. The van der Waals surface area contributed by atoms with Gasteiger partial charge in [-0.25, -0.2) is 4.39 Å². The molecule has 5 nitrogen and oxygen atoms in total. The fourth-order valence-electron chi connectivity index (χ4n) is 5.03. The van der Waals surface area contributed by atoms with Crippen LogP contribution in [-0.4, -0.2) is 11.8 Å². The molecule has 1 N–H and O–H groups in total. The molecule has 0 bridgehead atoms. The zero-order valence-electron chi connectivity index (χ0n) is 19.0. The van der Waals surface area contributed by atoms with Crippen LogP contribution in [0.25, 0.3) is 0 Å². The first-order valence-electron chi connectivity index (χ1n) is 11.4. The fraction of sp³-hybridized carbons (Fsp3) is 0.103. The van der Waals surface area contributed by atoms with Crippen LogP contribution in [0.3, 0.4) is 0 Å². The molecule has 1 unspecified atom stereocenters. The van der Waals surface area contributed by atoms with Crippen molar-refractivity contribution >= 4 is 28.9 Å². The molecule has 1 spiro atoms. The molecule has 2 aliphatic heterocycles. The smallest absolute Gasteiger partial charge is 0.279 e. The molecule has 6 heteroatoms. The van der Waals surface area contributed by atoms with Crippen molar-refractivity contribution in [3.8, 4) is 0 Å². The normalized spacial score (nSPS) is 18.5. The topological polar surface area (TPSA) is 52.7 Å². The lowest BCUT2D eigenvalue weighted by atomic mass is 9.92. The number of hydrogen-bond donors (Lipinski definition) is 1. The van der Waals surface area contributed by atoms with Crippen LogP contribution in [0.1, 0.15) is 27.0 Å². The summed E-state index contributed by atoms with van der Waals surface area (Å²) in [5, 5.41) is 3.42. The van der Waals surface area contributed by atoms with Gasteiger partial charge in [0.15, 0.2) is 0 Å². The number of hydrogen-bond acceptors (Lipinski definition) is 3. The van der Waals surface area contributed by atoms with E-state index >= 15 is 0 Å². The molecule has 35 heavy (non-hydrogen) atoms. The lowest BCUT2D eigenvalue weighted by molar-refractivity contribution is -0.122. The Morgan fingerprint density at radius 1 is 0.829 bits per heavy atom.